The molecule has 20 heavy (non-hydrogen) atoms. The first-order chi connectivity index (χ1) is 9.58. The molecule has 0 radical (unpaired) electrons. The lowest BCUT2D eigenvalue weighted by Gasteiger charge is -2.26. The molecule has 106 valence electrons. The number of para-hydroxylation sites is 2. The van der Waals surface area contributed by atoms with Crippen molar-refractivity contribution in [3.63, 3.8) is 0 Å². The van der Waals surface area contributed by atoms with Gasteiger partial charge in [0.15, 0.2) is 0 Å². The fraction of sp³-hybridized carbons (Fsp3) is 0.400. The molecule has 2 rings (SSSR count). The summed E-state index contributed by atoms with van der Waals surface area (Å²) in [5.41, 5.74) is 7.61. The van der Waals surface area contributed by atoms with Gasteiger partial charge in [-0.05, 0) is 25.0 Å². The van der Waals surface area contributed by atoms with E-state index in [9.17, 15) is 4.79 Å². The molecule has 5 heteroatoms. The van der Waals surface area contributed by atoms with Crippen molar-refractivity contribution in [1.29, 1.82) is 0 Å². The molecule has 2 aromatic rings. The molecule has 0 fully saturated rings. The molecule has 1 amide bonds. The van der Waals surface area contributed by atoms with Crippen LogP contribution in [0, 0.1) is 0 Å². The van der Waals surface area contributed by atoms with Crippen LogP contribution in [-0.2, 0) is 0 Å². The third-order valence-corrected chi connectivity index (χ3v) is 3.69. The Morgan fingerprint density at radius 3 is 2.55 bits per heavy atom. The molecule has 0 saturated heterocycles. The number of benzene rings is 1. The van der Waals surface area contributed by atoms with E-state index in [2.05, 4.69) is 15.3 Å². The van der Waals surface area contributed by atoms with Crippen molar-refractivity contribution in [1.82, 2.24) is 15.3 Å². The molecule has 0 bridgehead atoms. The minimum atomic E-state index is -0.361. The van der Waals surface area contributed by atoms with Crippen LogP contribution in [0.2, 0.25) is 0 Å². The summed E-state index contributed by atoms with van der Waals surface area (Å²) in [7, 11) is 0. The highest BCUT2D eigenvalue weighted by Crippen LogP contribution is 2.11. The third-order valence-electron chi connectivity index (χ3n) is 3.69. The second-order valence-corrected chi connectivity index (χ2v) is 5.00. The molecule has 0 aliphatic heterocycles. The number of carbonyl (C=O) groups excluding carboxylic acids is 1. The fourth-order valence-corrected chi connectivity index (χ4v) is 1.91. The molecule has 1 aromatic heterocycles. The highest BCUT2D eigenvalue weighted by atomic mass is 16.1. The Morgan fingerprint density at radius 1 is 1.25 bits per heavy atom. The zero-order chi connectivity index (χ0) is 14.6. The number of fused-ring (bicyclic) bond motifs is 1. The van der Waals surface area contributed by atoms with Gasteiger partial charge in [-0.25, -0.2) is 4.98 Å². The van der Waals surface area contributed by atoms with Crippen LogP contribution in [0.5, 0.6) is 0 Å². The number of carbonyl (C=O) groups is 1. The molecule has 0 aliphatic rings. The minimum Gasteiger partial charge on any atom is -0.349 e. The summed E-state index contributed by atoms with van der Waals surface area (Å²) in [6, 6.07) is 7.47. The van der Waals surface area contributed by atoms with Gasteiger partial charge in [0, 0.05) is 12.1 Å². The number of hydrogen-bond donors (Lipinski definition) is 2. The Kier molecular flexibility index (Phi) is 4.29. The Hall–Kier alpha value is -2.01. The quantitative estimate of drug-likeness (QED) is 0.870. The van der Waals surface area contributed by atoms with E-state index in [1.54, 1.807) is 0 Å². The predicted molar refractivity (Wildman–Crippen MR) is 79.4 cm³/mol. The second kappa shape index (κ2) is 5.96. The van der Waals surface area contributed by atoms with Gasteiger partial charge in [0.2, 0.25) is 0 Å². The van der Waals surface area contributed by atoms with Gasteiger partial charge < -0.3 is 11.1 Å². The maximum absolute atomic E-state index is 12.1. The Morgan fingerprint density at radius 2 is 1.90 bits per heavy atom. The van der Waals surface area contributed by atoms with Gasteiger partial charge in [-0.3, -0.25) is 9.78 Å². The lowest BCUT2D eigenvalue weighted by atomic mass is 9.94. The first-order valence-corrected chi connectivity index (χ1v) is 6.87. The van der Waals surface area contributed by atoms with Gasteiger partial charge >= 0.3 is 0 Å². The Labute approximate surface area is 118 Å². The van der Waals surface area contributed by atoms with E-state index >= 15 is 0 Å². The average Bonchev–Trinajstić information content (AvgIpc) is 2.51. The maximum Gasteiger partial charge on any atom is 0.271 e. The zero-order valence-electron chi connectivity index (χ0n) is 11.9. The summed E-state index contributed by atoms with van der Waals surface area (Å²) < 4.78 is 0. The summed E-state index contributed by atoms with van der Waals surface area (Å²) in [6.45, 7) is 4.48. The number of amides is 1. The maximum atomic E-state index is 12.1. The summed E-state index contributed by atoms with van der Waals surface area (Å²) in [5, 5.41) is 2.84. The summed E-state index contributed by atoms with van der Waals surface area (Å²) >= 11 is 0. The molecular weight excluding hydrogens is 252 g/mol. The predicted octanol–water partition coefficient (Wildman–Crippen LogP) is 1.88. The van der Waals surface area contributed by atoms with E-state index in [0.29, 0.717) is 17.8 Å². The Bertz CT molecular complexity index is 608. The second-order valence-electron chi connectivity index (χ2n) is 5.00. The third kappa shape index (κ3) is 3.11. The van der Waals surface area contributed by atoms with Crippen LogP contribution in [0.3, 0.4) is 0 Å². The summed E-state index contributed by atoms with van der Waals surface area (Å²) in [4.78, 5) is 20.6. The monoisotopic (exact) mass is 272 g/mol. The van der Waals surface area contributed by atoms with Gasteiger partial charge in [-0.1, -0.05) is 26.0 Å². The minimum absolute atomic E-state index is 0.236. The van der Waals surface area contributed by atoms with E-state index in [-0.39, 0.29) is 11.4 Å². The average molecular weight is 272 g/mol. The highest BCUT2D eigenvalue weighted by Gasteiger charge is 2.21. The van der Waals surface area contributed by atoms with Crippen molar-refractivity contribution in [2.24, 2.45) is 5.73 Å². The van der Waals surface area contributed by atoms with Crippen LogP contribution in [0.4, 0.5) is 0 Å². The molecule has 3 N–H and O–H groups in total. The van der Waals surface area contributed by atoms with Gasteiger partial charge in [0.25, 0.3) is 5.91 Å². The number of nitrogens with one attached hydrogen (secondary N) is 1. The number of aromatic nitrogens is 2. The van der Waals surface area contributed by atoms with Crippen LogP contribution in [0.15, 0.2) is 30.5 Å². The SMILES string of the molecule is CCC(N)(CC)CNC(=O)c1cnc2ccccc2n1. The molecule has 0 saturated carbocycles. The molecule has 0 spiro atoms. The number of nitrogens with zero attached hydrogens (tertiary/aromatic N) is 2. The zero-order valence-corrected chi connectivity index (χ0v) is 11.9. The van der Waals surface area contributed by atoms with Crippen LogP contribution in [-0.4, -0.2) is 28.0 Å². The molecule has 0 atom stereocenters. The van der Waals surface area contributed by atoms with Crippen molar-refractivity contribution in [3.8, 4) is 0 Å². The van der Waals surface area contributed by atoms with E-state index < -0.39 is 0 Å². The van der Waals surface area contributed by atoms with Crippen molar-refractivity contribution < 1.29 is 4.79 Å². The van der Waals surface area contributed by atoms with Gasteiger partial charge in [-0.15, -0.1) is 0 Å². The number of nitrogens with two attached hydrogens (primary N) is 1. The normalized spacial score (nSPS) is 11.6. The summed E-state index contributed by atoms with van der Waals surface area (Å²) in [5.74, 6) is -0.236. The number of hydrogen-bond acceptors (Lipinski definition) is 4. The summed E-state index contributed by atoms with van der Waals surface area (Å²) in [6.07, 6.45) is 3.12. The van der Waals surface area contributed by atoms with Crippen LogP contribution < -0.4 is 11.1 Å². The van der Waals surface area contributed by atoms with Gasteiger partial charge in [0.05, 0.1) is 17.2 Å². The van der Waals surface area contributed by atoms with E-state index in [1.807, 2.05) is 38.1 Å². The first kappa shape index (κ1) is 14.4. The van der Waals surface area contributed by atoms with Crippen LogP contribution in [0.1, 0.15) is 37.2 Å². The molecule has 1 aromatic carbocycles. The van der Waals surface area contributed by atoms with Gasteiger partial charge in [0.1, 0.15) is 5.69 Å². The molecule has 0 aliphatic carbocycles. The lowest BCUT2D eigenvalue weighted by Crippen LogP contribution is -2.49. The lowest BCUT2D eigenvalue weighted by molar-refractivity contribution is 0.0937. The molecule has 5 nitrogen and oxygen atoms in total. The van der Waals surface area contributed by atoms with E-state index in [0.717, 1.165) is 18.4 Å². The number of rotatable bonds is 5. The van der Waals surface area contributed by atoms with Crippen molar-refractivity contribution in [2.45, 2.75) is 32.2 Å². The largest absolute Gasteiger partial charge is 0.349 e. The van der Waals surface area contributed by atoms with Crippen LogP contribution in [0.25, 0.3) is 11.0 Å². The first-order valence-electron chi connectivity index (χ1n) is 6.87. The standard InChI is InChI=1S/C15H20N4O/c1-3-15(16,4-2)10-18-14(20)13-9-17-11-7-5-6-8-12(11)19-13/h5-9H,3-4,10,16H2,1-2H3,(H,18,20). The molecule has 1 heterocycles. The van der Waals surface area contributed by atoms with E-state index in [4.69, 9.17) is 5.73 Å². The smallest absolute Gasteiger partial charge is 0.271 e. The van der Waals surface area contributed by atoms with E-state index in [1.165, 1.54) is 6.20 Å². The molecular formula is C15H20N4O. The highest BCUT2D eigenvalue weighted by molar-refractivity contribution is 5.93. The van der Waals surface area contributed by atoms with Crippen LogP contribution >= 0.6 is 0 Å². The molecule has 0 unspecified atom stereocenters. The van der Waals surface area contributed by atoms with Crippen molar-refractivity contribution >= 4 is 16.9 Å². The fourth-order valence-electron chi connectivity index (χ4n) is 1.91. The Balaban J connectivity index is 2.11. The van der Waals surface area contributed by atoms with Crippen molar-refractivity contribution in [3.05, 3.63) is 36.2 Å². The topological polar surface area (TPSA) is 80.9 Å². The van der Waals surface area contributed by atoms with Gasteiger partial charge in [-0.2, -0.15) is 0 Å². The van der Waals surface area contributed by atoms with Crippen molar-refractivity contribution in [2.75, 3.05) is 6.54 Å².